The van der Waals surface area contributed by atoms with E-state index in [0.29, 0.717) is 10.8 Å². The highest BCUT2D eigenvalue weighted by Gasteiger charge is 2.42. The Morgan fingerprint density at radius 2 is 1.76 bits per heavy atom. The van der Waals surface area contributed by atoms with Crippen molar-refractivity contribution >= 4 is 41.0 Å². The zero-order valence-corrected chi connectivity index (χ0v) is 31.4. The van der Waals surface area contributed by atoms with Crippen molar-refractivity contribution in [3.8, 4) is 0 Å². The van der Waals surface area contributed by atoms with Gasteiger partial charge in [-0.2, -0.15) is 0 Å². The second-order valence-electron chi connectivity index (χ2n) is 14.1. The number of likely N-dealkylation sites (tertiary alicyclic amines) is 1. The Bertz CT molecular complexity index is 1500. The first-order chi connectivity index (χ1) is 24.3. The van der Waals surface area contributed by atoms with E-state index in [2.05, 4.69) is 37.4 Å². The number of aromatic nitrogens is 3. The number of esters is 1. The maximum Gasteiger partial charge on any atom is 0.306 e. The monoisotopic (exact) mass is 727 g/mol. The Kier molecular flexibility index (Phi) is 14.4. The van der Waals surface area contributed by atoms with Crippen LogP contribution in [-0.4, -0.2) is 104 Å². The number of likely N-dealkylation sites (N-methyl/N-ethyl adjacent to an activating group) is 2. The van der Waals surface area contributed by atoms with E-state index >= 15 is 0 Å². The number of rotatable bonds is 18. The maximum absolute atomic E-state index is 14.1. The maximum atomic E-state index is 14.1. The summed E-state index contributed by atoms with van der Waals surface area (Å²) in [5.41, 5.74) is 0.0972. The number of carboxylic acids is 1. The fraction of sp³-hybridized carbons (Fsp3) is 0.667. The Morgan fingerprint density at radius 3 is 2.37 bits per heavy atom. The minimum atomic E-state index is -0.982. The third kappa shape index (κ3) is 11.3. The number of aliphatic carboxylic acids is 1. The van der Waals surface area contributed by atoms with Crippen LogP contribution in [0.2, 0.25) is 0 Å². The highest BCUT2D eigenvalue weighted by Crippen LogP contribution is 2.36. The average Bonchev–Trinajstić information content (AvgIpc) is 3.82. The molecule has 280 valence electrons. The van der Waals surface area contributed by atoms with Gasteiger partial charge in [-0.25, -0.2) is 15.0 Å². The van der Waals surface area contributed by atoms with Gasteiger partial charge < -0.3 is 25.4 Å². The summed E-state index contributed by atoms with van der Waals surface area (Å²) >= 11 is 1.17. The van der Waals surface area contributed by atoms with Gasteiger partial charge in [0.25, 0.3) is 5.91 Å². The van der Waals surface area contributed by atoms with Crippen LogP contribution in [0.4, 0.5) is 0 Å². The number of carboxylic acid groups (broad SMARTS) is 1. The van der Waals surface area contributed by atoms with Crippen LogP contribution in [0.1, 0.15) is 107 Å². The molecule has 3 N–H and O–H groups in total. The first-order valence-electron chi connectivity index (χ1n) is 18.0. The molecule has 0 unspecified atom stereocenters. The van der Waals surface area contributed by atoms with Crippen LogP contribution in [0.3, 0.4) is 0 Å². The van der Waals surface area contributed by atoms with Crippen LogP contribution in [0.15, 0.2) is 23.8 Å². The van der Waals surface area contributed by atoms with Gasteiger partial charge in [0.15, 0.2) is 6.10 Å². The summed E-state index contributed by atoms with van der Waals surface area (Å²) in [5, 5.41) is 17.5. The van der Waals surface area contributed by atoms with Crippen molar-refractivity contribution in [1.82, 2.24) is 35.4 Å². The van der Waals surface area contributed by atoms with Crippen LogP contribution >= 0.6 is 11.3 Å². The van der Waals surface area contributed by atoms with Crippen LogP contribution in [0.5, 0.6) is 0 Å². The minimum Gasteiger partial charge on any atom is -0.481 e. The molecule has 2 fully saturated rings. The van der Waals surface area contributed by atoms with Gasteiger partial charge in [-0.15, -0.1) is 11.3 Å². The zero-order chi connectivity index (χ0) is 37.2. The Hall–Kier alpha value is -3.98. The number of carbonyl (C=O) groups excluding carboxylic acids is 4. The van der Waals surface area contributed by atoms with E-state index in [1.165, 1.54) is 18.3 Å². The van der Waals surface area contributed by atoms with Crippen LogP contribution < -0.4 is 10.6 Å². The standard InChI is InChI=1S/C36H53N7O7S/c1-7-43-16-9-8-11-27(43)33(46)41-31(24-12-13-24)35(47)42(6)28(21(2)3)19-29(50-23(5)44)34-40-26(20-51-34)32(45)39-25(17-22(4)36(48)49)18-30-37-14-10-15-38-30/h10,14-15,20-22,24-25,27-29,31H,7-9,11-13,16-19H2,1-6H3,(H,39,45)(H,41,46)(H,48,49)/t22-,25+,27+,28+,29+,31-/m0/s1. The van der Waals surface area contributed by atoms with Gasteiger partial charge in [-0.05, 0) is 63.1 Å². The van der Waals surface area contributed by atoms with Gasteiger partial charge in [0, 0.05) is 56.7 Å². The van der Waals surface area contributed by atoms with E-state index in [1.807, 2.05) is 13.8 Å². The zero-order valence-electron chi connectivity index (χ0n) is 30.5. The van der Waals surface area contributed by atoms with Crippen molar-refractivity contribution in [1.29, 1.82) is 0 Å². The molecule has 1 saturated carbocycles. The lowest BCUT2D eigenvalue weighted by atomic mass is 9.95. The second kappa shape index (κ2) is 18.5. The van der Waals surface area contributed by atoms with Crippen molar-refractivity contribution in [3.63, 3.8) is 0 Å². The number of hydrogen-bond donors (Lipinski definition) is 3. The van der Waals surface area contributed by atoms with Crippen molar-refractivity contribution in [2.45, 2.75) is 116 Å². The molecule has 2 aliphatic rings. The Morgan fingerprint density at radius 1 is 1.06 bits per heavy atom. The summed E-state index contributed by atoms with van der Waals surface area (Å²) in [7, 11) is 1.73. The third-order valence-electron chi connectivity index (χ3n) is 9.83. The summed E-state index contributed by atoms with van der Waals surface area (Å²) < 4.78 is 5.75. The highest BCUT2D eigenvalue weighted by molar-refractivity contribution is 7.09. The van der Waals surface area contributed by atoms with Crippen LogP contribution in [0.25, 0.3) is 0 Å². The van der Waals surface area contributed by atoms with E-state index in [9.17, 15) is 29.1 Å². The fourth-order valence-corrected chi connectivity index (χ4v) is 7.62. The number of nitrogens with one attached hydrogen (secondary N) is 2. The number of amides is 3. The lowest BCUT2D eigenvalue weighted by molar-refractivity contribution is -0.149. The van der Waals surface area contributed by atoms with Gasteiger partial charge in [-0.1, -0.05) is 34.1 Å². The SMILES string of the molecule is CCN1CCCC[C@@H]1C(=O)N[C@H](C(=O)N(C)[C@H](C[C@@H](OC(C)=O)c1nc(C(=O)N[C@@H](Cc2ncccn2)C[C@H](C)C(=O)O)cs1)C(C)C)C1CC1. The number of nitrogens with zero attached hydrogens (tertiary/aromatic N) is 5. The molecule has 15 heteroatoms. The topological polar surface area (TPSA) is 184 Å². The van der Waals surface area contributed by atoms with E-state index < -0.39 is 42.0 Å². The van der Waals surface area contributed by atoms with Crippen LogP contribution in [-0.2, 0) is 30.3 Å². The predicted octanol–water partition coefficient (Wildman–Crippen LogP) is 3.63. The molecule has 0 spiro atoms. The normalized spacial score (nSPS) is 19.3. The molecule has 51 heavy (non-hydrogen) atoms. The molecule has 1 saturated heterocycles. The molecule has 3 heterocycles. The van der Waals surface area contributed by atoms with Gasteiger partial charge in [0.05, 0.1) is 12.0 Å². The molecule has 1 aliphatic carbocycles. The molecule has 2 aromatic heterocycles. The number of carbonyl (C=O) groups is 5. The lowest BCUT2D eigenvalue weighted by Gasteiger charge is -2.37. The van der Waals surface area contributed by atoms with Crippen molar-refractivity contribution in [2.75, 3.05) is 20.1 Å². The van der Waals surface area contributed by atoms with Crippen LogP contribution in [0, 0.1) is 17.8 Å². The van der Waals surface area contributed by atoms with Crippen molar-refractivity contribution < 1.29 is 33.8 Å². The van der Waals surface area contributed by atoms with E-state index in [-0.39, 0.29) is 60.7 Å². The molecule has 1 aliphatic heterocycles. The molecule has 0 bridgehead atoms. The largest absolute Gasteiger partial charge is 0.481 e. The number of piperidine rings is 1. The molecule has 2 aromatic rings. The molecular weight excluding hydrogens is 675 g/mol. The molecule has 4 rings (SSSR count). The number of ether oxygens (including phenoxy) is 1. The molecule has 14 nitrogen and oxygen atoms in total. The summed E-state index contributed by atoms with van der Waals surface area (Å²) in [5.74, 6) is -2.51. The van der Waals surface area contributed by atoms with E-state index in [0.717, 1.165) is 45.2 Å². The summed E-state index contributed by atoms with van der Waals surface area (Å²) in [6, 6.07) is -0.156. The first kappa shape index (κ1) is 39.8. The molecule has 6 atom stereocenters. The highest BCUT2D eigenvalue weighted by atomic mass is 32.1. The van der Waals surface area contributed by atoms with Gasteiger partial charge in [0.1, 0.15) is 22.6 Å². The van der Waals surface area contributed by atoms with E-state index in [4.69, 9.17) is 4.74 Å². The Labute approximate surface area is 304 Å². The summed E-state index contributed by atoms with van der Waals surface area (Å²) in [6.07, 6.45) is 7.50. The van der Waals surface area contributed by atoms with Gasteiger partial charge >= 0.3 is 11.9 Å². The van der Waals surface area contributed by atoms with Gasteiger partial charge in [0.2, 0.25) is 11.8 Å². The predicted molar refractivity (Wildman–Crippen MR) is 191 cm³/mol. The molecule has 3 amide bonds. The summed E-state index contributed by atoms with van der Waals surface area (Å²) in [4.78, 5) is 81.7. The Balaban J connectivity index is 1.49. The summed E-state index contributed by atoms with van der Waals surface area (Å²) in [6.45, 7) is 10.5. The smallest absolute Gasteiger partial charge is 0.306 e. The number of thiazole rings is 1. The van der Waals surface area contributed by atoms with Gasteiger partial charge in [-0.3, -0.25) is 28.9 Å². The lowest BCUT2D eigenvalue weighted by Crippen LogP contribution is -2.57. The van der Waals surface area contributed by atoms with Crippen molar-refractivity contribution in [3.05, 3.63) is 40.4 Å². The second-order valence-corrected chi connectivity index (χ2v) is 15.0. The fourth-order valence-electron chi connectivity index (χ4n) is 6.78. The first-order valence-corrected chi connectivity index (χ1v) is 18.9. The minimum absolute atomic E-state index is 0.0404. The van der Waals surface area contributed by atoms with E-state index in [1.54, 1.807) is 42.7 Å². The molecule has 0 radical (unpaired) electrons. The third-order valence-corrected chi connectivity index (χ3v) is 10.8. The van der Waals surface area contributed by atoms with Crippen molar-refractivity contribution in [2.24, 2.45) is 17.8 Å². The average molecular weight is 728 g/mol. The number of hydrogen-bond acceptors (Lipinski definition) is 11. The quantitative estimate of drug-likeness (QED) is 0.191. The molecule has 0 aromatic carbocycles. The molecular formula is C36H53N7O7S.